The van der Waals surface area contributed by atoms with E-state index in [1.165, 1.54) is 118 Å². The average molecular weight is 792 g/mol. The van der Waals surface area contributed by atoms with Crippen molar-refractivity contribution in [2.75, 3.05) is 4.90 Å². The second-order valence-corrected chi connectivity index (χ2v) is 20.8. The van der Waals surface area contributed by atoms with Crippen LogP contribution in [-0.2, 0) is 16.2 Å². The molecule has 0 aliphatic heterocycles. The summed E-state index contributed by atoms with van der Waals surface area (Å²) in [5, 5.41) is 0. The number of hydrogen-bond acceptors (Lipinski definition) is 1. The Morgan fingerprint density at radius 1 is 0.393 bits per heavy atom. The molecule has 0 aromatic heterocycles. The summed E-state index contributed by atoms with van der Waals surface area (Å²) in [5.74, 6) is 3.42. The van der Waals surface area contributed by atoms with Crippen molar-refractivity contribution in [2.45, 2.75) is 88.9 Å². The average Bonchev–Trinajstić information content (AvgIpc) is 3.58. The van der Waals surface area contributed by atoms with Crippen LogP contribution >= 0.6 is 0 Å². The van der Waals surface area contributed by atoms with Gasteiger partial charge in [0.05, 0.1) is 5.69 Å². The Bertz CT molecular complexity index is 2780. The van der Waals surface area contributed by atoms with Gasteiger partial charge in [-0.15, -0.1) is 0 Å². The SMILES string of the molecule is CC1(C)CCC(C)(C)c2c(N(c3ccc(-c4cccc(-c5ccccc5)c4)cc3)c3ccc(-c4ccc5c(c4)C4(c6ccccc6-5)C5CC6CC(C5)CC4C6)cc3)cccc21. The maximum atomic E-state index is 2.63. The molecule has 6 aliphatic rings. The highest BCUT2D eigenvalue weighted by Crippen LogP contribution is 2.69. The zero-order valence-corrected chi connectivity index (χ0v) is 36.3. The van der Waals surface area contributed by atoms with Crippen LogP contribution in [0.2, 0.25) is 0 Å². The molecule has 0 heterocycles. The smallest absolute Gasteiger partial charge is 0.0502 e. The maximum absolute atomic E-state index is 2.63. The van der Waals surface area contributed by atoms with Crippen molar-refractivity contribution in [2.24, 2.45) is 23.7 Å². The predicted molar refractivity (Wildman–Crippen MR) is 256 cm³/mol. The van der Waals surface area contributed by atoms with Gasteiger partial charge >= 0.3 is 0 Å². The van der Waals surface area contributed by atoms with Gasteiger partial charge in [0, 0.05) is 16.8 Å². The Kier molecular flexibility index (Phi) is 8.32. The molecule has 1 heteroatoms. The fraction of sp³-hybridized carbons (Fsp3) is 0.300. The molecule has 0 radical (unpaired) electrons. The van der Waals surface area contributed by atoms with E-state index in [4.69, 9.17) is 0 Å². The Balaban J connectivity index is 0.951. The molecule has 0 amide bonds. The van der Waals surface area contributed by atoms with Crippen LogP contribution in [0, 0.1) is 23.7 Å². The third kappa shape index (κ3) is 5.72. The molecule has 0 saturated heterocycles. The van der Waals surface area contributed by atoms with Crippen molar-refractivity contribution in [1.82, 2.24) is 0 Å². The second-order valence-electron chi connectivity index (χ2n) is 20.8. The Morgan fingerprint density at radius 2 is 0.885 bits per heavy atom. The van der Waals surface area contributed by atoms with Crippen LogP contribution in [0.3, 0.4) is 0 Å². The lowest BCUT2D eigenvalue weighted by molar-refractivity contribution is -0.0399. The van der Waals surface area contributed by atoms with Crippen molar-refractivity contribution in [3.63, 3.8) is 0 Å². The van der Waals surface area contributed by atoms with Crippen LogP contribution in [0.25, 0.3) is 44.5 Å². The van der Waals surface area contributed by atoms with Crippen LogP contribution in [-0.4, -0.2) is 0 Å². The largest absolute Gasteiger partial charge is 0.310 e. The van der Waals surface area contributed by atoms with E-state index < -0.39 is 0 Å². The zero-order valence-electron chi connectivity index (χ0n) is 36.3. The van der Waals surface area contributed by atoms with Crippen LogP contribution in [0.1, 0.15) is 94.9 Å². The van der Waals surface area contributed by atoms with Crippen LogP contribution in [0.5, 0.6) is 0 Å². The normalized spacial score (nSPS) is 24.6. The van der Waals surface area contributed by atoms with Crippen LogP contribution in [0.15, 0.2) is 164 Å². The van der Waals surface area contributed by atoms with E-state index in [2.05, 4.69) is 196 Å². The zero-order chi connectivity index (χ0) is 41.1. The molecule has 13 rings (SSSR count). The Morgan fingerprint density at radius 3 is 1.54 bits per heavy atom. The lowest BCUT2D eigenvalue weighted by Crippen LogP contribution is -2.55. The molecular weight excluding hydrogens is 735 g/mol. The first-order valence-corrected chi connectivity index (χ1v) is 23.2. The van der Waals surface area contributed by atoms with E-state index in [0.29, 0.717) is 0 Å². The number of hydrogen-bond donors (Lipinski definition) is 0. The Labute approximate surface area is 363 Å². The van der Waals surface area contributed by atoms with Crippen molar-refractivity contribution in [3.05, 3.63) is 186 Å². The minimum Gasteiger partial charge on any atom is -0.310 e. The third-order valence-electron chi connectivity index (χ3n) is 16.5. The monoisotopic (exact) mass is 791 g/mol. The van der Waals surface area contributed by atoms with Crippen molar-refractivity contribution >= 4 is 17.1 Å². The molecular formula is C60H57N. The minimum absolute atomic E-state index is 0.0489. The standard InChI is InChI=1S/C60H57N/c1-58(2)30-31-59(3,4)57-54(58)18-11-19-56(57)61(49-25-20-42(21-26-49)45-15-10-14-44(37-45)41-12-6-5-7-13-41)50-27-22-43(23-28-50)46-24-29-52-51-16-8-9-17-53(51)60(55(52)38-46)47-33-39-32-40(35-47)36-48(60)34-39/h5-29,37-40,47-48H,30-36H2,1-4H3. The van der Waals surface area contributed by atoms with Gasteiger partial charge in [0.1, 0.15) is 0 Å². The summed E-state index contributed by atoms with van der Waals surface area (Å²) in [6.07, 6.45) is 9.48. The number of rotatable bonds is 6. The lowest BCUT2D eigenvalue weighted by Gasteiger charge is -2.61. The van der Waals surface area contributed by atoms with Gasteiger partial charge in [-0.05, 0) is 189 Å². The molecule has 0 unspecified atom stereocenters. The first-order valence-electron chi connectivity index (χ1n) is 23.2. The topological polar surface area (TPSA) is 3.24 Å². The molecule has 302 valence electrons. The van der Waals surface area contributed by atoms with E-state index >= 15 is 0 Å². The summed E-state index contributed by atoms with van der Waals surface area (Å²) in [7, 11) is 0. The van der Waals surface area contributed by atoms with E-state index in [0.717, 1.165) is 23.7 Å². The minimum atomic E-state index is 0.0489. The van der Waals surface area contributed by atoms with Crippen LogP contribution in [0.4, 0.5) is 17.1 Å². The van der Waals surface area contributed by atoms with E-state index in [1.54, 1.807) is 11.1 Å². The molecule has 4 saturated carbocycles. The summed E-state index contributed by atoms with van der Waals surface area (Å²) in [6, 6.07) is 62.6. The van der Waals surface area contributed by atoms with Gasteiger partial charge in [-0.3, -0.25) is 0 Å². The summed E-state index contributed by atoms with van der Waals surface area (Å²) < 4.78 is 0. The van der Waals surface area contributed by atoms with Gasteiger partial charge in [0.15, 0.2) is 0 Å². The van der Waals surface area contributed by atoms with Gasteiger partial charge in [-0.2, -0.15) is 0 Å². The van der Waals surface area contributed by atoms with Gasteiger partial charge in [-0.1, -0.05) is 149 Å². The fourth-order valence-corrected chi connectivity index (χ4v) is 13.8. The van der Waals surface area contributed by atoms with E-state index in [1.807, 2.05) is 0 Å². The molecule has 0 atom stereocenters. The molecule has 4 fully saturated rings. The van der Waals surface area contributed by atoms with Gasteiger partial charge in [0.25, 0.3) is 0 Å². The number of nitrogens with zero attached hydrogens (tertiary/aromatic N) is 1. The lowest BCUT2D eigenvalue weighted by atomic mass is 9.43. The summed E-state index contributed by atoms with van der Waals surface area (Å²) in [5.41, 5.74) is 20.8. The molecule has 6 aliphatic carbocycles. The number of anilines is 3. The molecule has 4 bridgehead atoms. The fourth-order valence-electron chi connectivity index (χ4n) is 13.8. The number of fused-ring (bicyclic) bond motifs is 4. The van der Waals surface area contributed by atoms with Gasteiger partial charge in [-0.25, -0.2) is 0 Å². The highest BCUT2D eigenvalue weighted by molar-refractivity contribution is 5.86. The molecule has 1 spiro atoms. The molecule has 61 heavy (non-hydrogen) atoms. The molecule has 7 aromatic rings. The van der Waals surface area contributed by atoms with E-state index in [9.17, 15) is 0 Å². The van der Waals surface area contributed by atoms with Crippen molar-refractivity contribution in [3.8, 4) is 44.5 Å². The van der Waals surface area contributed by atoms with Crippen molar-refractivity contribution < 1.29 is 0 Å². The number of benzene rings is 7. The summed E-state index contributed by atoms with van der Waals surface area (Å²) in [6.45, 7) is 9.78. The van der Waals surface area contributed by atoms with Gasteiger partial charge < -0.3 is 4.90 Å². The quantitative estimate of drug-likeness (QED) is 0.162. The molecule has 0 N–H and O–H groups in total. The predicted octanol–water partition coefficient (Wildman–Crippen LogP) is 16.2. The highest BCUT2D eigenvalue weighted by atomic mass is 15.1. The maximum Gasteiger partial charge on any atom is 0.0502 e. The summed E-state index contributed by atoms with van der Waals surface area (Å²) >= 11 is 0. The van der Waals surface area contributed by atoms with Crippen molar-refractivity contribution in [1.29, 1.82) is 0 Å². The molecule has 7 aromatic carbocycles. The van der Waals surface area contributed by atoms with Crippen LogP contribution < -0.4 is 4.90 Å². The summed E-state index contributed by atoms with van der Waals surface area (Å²) in [4.78, 5) is 2.54. The first kappa shape index (κ1) is 37.1. The van der Waals surface area contributed by atoms with Gasteiger partial charge in [0.2, 0.25) is 0 Å². The van der Waals surface area contributed by atoms with E-state index in [-0.39, 0.29) is 16.2 Å². The third-order valence-corrected chi connectivity index (χ3v) is 16.5. The Hall–Kier alpha value is -5.66. The second kappa shape index (κ2) is 13.7. The highest BCUT2D eigenvalue weighted by Gasteiger charge is 2.61. The first-order chi connectivity index (χ1) is 29.7. The molecule has 1 nitrogen and oxygen atoms in total.